The van der Waals surface area contributed by atoms with Gasteiger partial charge in [0, 0.05) is 22.1 Å². The van der Waals surface area contributed by atoms with E-state index < -0.39 is 28.5 Å². The molecule has 2 amide bonds. The monoisotopic (exact) mass is 557 g/mol. The number of hydrogen-bond acceptors (Lipinski definition) is 4. The highest BCUT2D eigenvalue weighted by Gasteiger charge is 2.30. The van der Waals surface area contributed by atoms with Crippen LogP contribution in [0.2, 0.25) is 5.02 Å². The Bertz CT molecular complexity index is 1110. The van der Waals surface area contributed by atoms with E-state index in [4.69, 9.17) is 11.6 Å². The fourth-order valence-electron chi connectivity index (χ4n) is 3.27. The molecule has 0 aromatic heterocycles. The van der Waals surface area contributed by atoms with Crippen LogP contribution < -0.4 is 9.62 Å². The molecule has 10 heteroatoms. The zero-order valence-corrected chi connectivity index (χ0v) is 22.5. The topological polar surface area (TPSA) is 86.8 Å². The van der Waals surface area contributed by atoms with Crippen LogP contribution in [0.1, 0.15) is 31.9 Å². The van der Waals surface area contributed by atoms with Gasteiger partial charge in [-0.3, -0.25) is 13.9 Å². The Labute approximate surface area is 209 Å². The molecule has 0 aliphatic heterocycles. The van der Waals surface area contributed by atoms with Crippen LogP contribution in [0.4, 0.5) is 5.69 Å². The number of carbonyl (C=O) groups excluding carboxylic acids is 2. The van der Waals surface area contributed by atoms with E-state index in [1.807, 2.05) is 38.1 Å². The maximum Gasteiger partial charge on any atom is 0.244 e. The van der Waals surface area contributed by atoms with Crippen molar-refractivity contribution in [3.8, 4) is 0 Å². The van der Waals surface area contributed by atoms with Crippen LogP contribution in [0.15, 0.2) is 46.9 Å². The van der Waals surface area contributed by atoms with Crippen LogP contribution in [-0.2, 0) is 26.2 Å². The standard InChI is InChI=1S/C23H29BrClN3O4S/c1-15(2)26-23(30)17(4)27(13-18-6-8-19(24)9-7-18)22(29)14-28(33(5,31)32)21-11-10-20(25)12-16(21)3/h6-12,15,17H,13-14H2,1-5H3,(H,26,30)/t17-/m1/s1. The molecule has 0 aliphatic rings. The summed E-state index contributed by atoms with van der Waals surface area (Å²) >= 11 is 9.41. The molecule has 0 fully saturated rings. The van der Waals surface area contributed by atoms with E-state index in [9.17, 15) is 18.0 Å². The fraction of sp³-hybridized carbons (Fsp3) is 0.391. The van der Waals surface area contributed by atoms with E-state index >= 15 is 0 Å². The first kappa shape index (κ1) is 27.1. The second-order valence-corrected chi connectivity index (χ2v) is 11.4. The zero-order chi connectivity index (χ0) is 24.9. The number of anilines is 1. The second-order valence-electron chi connectivity index (χ2n) is 8.19. The van der Waals surface area contributed by atoms with Crippen LogP contribution >= 0.6 is 27.5 Å². The minimum absolute atomic E-state index is 0.103. The number of nitrogens with zero attached hydrogens (tertiary/aromatic N) is 2. The lowest BCUT2D eigenvalue weighted by Crippen LogP contribution is -2.52. The van der Waals surface area contributed by atoms with Crippen molar-refractivity contribution >= 4 is 55.1 Å². The predicted molar refractivity (Wildman–Crippen MR) is 136 cm³/mol. The quantitative estimate of drug-likeness (QED) is 0.502. The smallest absolute Gasteiger partial charge is 0.244 e. The van der Waals surface area contributed by atoms with Crippen molar-refractivity contribution in [2.75, 3.05) is 17.1 Å². The van der Waals surface area contributed by atoms with Gasteiger partial charge < -0.3 is 10.2 Å². The molecular formula is C23H29BrClN3O4S. The van der Waals surface area contributed by atoms with Gasteiger partial charge in [0.2, 0.25) is 21.8 Å². The summed E-state index contributed by atoms with van der Waals surface area (Å²) in [7, 11) is -3.79. The fourth-order valence-corrected chi connectivity index (χ4v) is 4.67. The molecule has 0 radical (unpaired) electrons. The minimum atomic E-state index is -3.79. The first-order chi connectivity index (χ1) is 15.3. The van der Waals surface area contributed by atoms with Crippen molar-refractivity contribution in [3.63, 3.8) is 0 Å². The molecule has 0 heterocycles. The molecule has 0 bridgehead atoms. The van der Waals surface area contributed by atoms with E-state index in [2.05, 4.69) is 21.2 Å². The van der Waals surface area contributed by atoms with E-state index in [0.29, 0.717) is 16.3 Å². The first-order valence-electron chi connectivity index (χ1n) is 10.4. The zero-order valence-electron chi connectivity index (χ0n) is 19.3. The Morgan fingerprint density at radius 3 is 2.21 bits per heavy atom. The highest BCUT2D eigenvalue weighted by molar-refractivity contribution is 9.10. The average molecular weight is 559 g/mol. The third-order valence-electron chi connectivity index (χ3n) is 4.97. The molecule has 2 aromatic carbocycles. The Kier molecular flexibility index (Phi) is 9.34. The summed E-state index contributed by atoms with van der Waals surface area (Å²) in [6.45, 7) is 6.72. The highest BCUT2D eigenvalue weighted by atomic mass is 79.9. The molecule has 0 aliphatic carbocycles. The molecule has 0 spiro atoms. The molecule has 180 valence electrons. The van der Waals surface area contributed by atoms with E-state index in [0.717, 1.165) is 20.6 Å². The van der Waals surface area contributed by atoms with Crippen molar-refractivity contribution in [3.05, 3.63) is 63.1 Å². The van der Waals surface area contributed by atoms with Gasteiger partial charge in [-0.1, -0.05) is 39.7 Å². The molecule has 0 saturated carbocycles. The van der Waals surface area contributed by atoms with Gasteiger partial charge in [-0.15, -0.1) is 0 Å². The lowest BCUT2D eigenvalue weighted by Gasteiger charge is -2.32. The van der Waals surface area contributed by atoms with Gasteiger partial charge in [-0.25, -0.2) is 8.42 Å². The maximum absolute atomic E-state index is 13.5. The van der Waals surface area contributed by atoms with Gasteiger partial charge in [0.05, 0.1) is 11.9 Å². The number of hydrogen-bond donors (Lipinski definition) is 1. The number of benzene rings is 2. The van der Waals surface area contributed by atoms with Gasteiger partial charge in [0.15, 0.2) is 0 Å². The molecule has 7 nitrogen and oxygen atoms in total. The van der Waals surface area contributed by atoms with Crippen LogP contribution in [-0.4, -0.2) is 50.0 Å². The molecule has 0 unspecified atom stereocenters. The summed E-state index contributed by atoms with van der Waals surface area (Å²) in [6, 6.07) is 11.2. The van der Waals surface area contributed by atoms with Gasteiger partial charge in [0.25, 0.3) is 0 Å². The van der Waals surface area contributed by atoms with E-state index in [-0.39, 0.29) is 18.5 Å². The molecule has 1 N–H and O–H groups in total. The van der Waals surface area contributed by atoms with Crippen LogP contribution in [0.3, 0.4) is 0 Å². The molecule has 2 aromatic rings. The maximum atomic E-state index is 13.5. The minimum Gasteiger partial charge on any atom is -0.352 e. The molecular weight excluding hydrogens is 530 g/mol. The van der Waals surface area contributed by atoms with Gasteiger partial charge >= 0.3 is 0 Å². The number of nitrogens with one attached hydrogen (secondary N) is 1. The highest BCUT2D eigenvalue weighted by Crippen LogP contribution is 2.26. The number of aryl methyl sites for hydroxylation is 1. The number of rotatable bonds is 9. The third kappa shape index (κ3) is 7.72. The number of sulfonamides is 1. The van der Waals surface area contributed by atoms with Crippen LogP contribution in [0, 0.1) is 6.92 Å². The van der Waals surface area contributed by atoms with Crippen LogP contribution in [0.25, 0.3) is 0 Å². The third-order valence-corrected chi connectivity index (χ3v) is 6.86. The number of amides is 2. The predicted octanol–water partition coefficient (Wildman–Crippen LogP) is 4.12. The second kappa shape index (κ2) is 11.4. The molecule has 33 heavy (non-hydrogen) atoms. The summed E-state index contributed by atoms with van der Waals surface area (Å²) in [4.78, 5) is 27.6. The van der Waals surface area contributed by atoms with Gasteiger partial charge in [0.1, 0.15) is 12.6 Å². The van der Waals surface area contributed by atoms with Crippen molar-refractivity contribution in [1.82, 2.24) is 10.2 Å². The largest absolute Gasteiger partial charge is 0.352 e. The van der Waals surface area contributed by atoms with Crippen molar-refractivity contribution in [2.24, 2.45) is 0 Å². The van der Waals surface area contributed by atoms with Crippen molar-refractivity contribution in [1.29, 1.82) is 0 Å². The Morgan fingerprint density at radius 2 is 1.70 bits per heavy atom. The Balaban J connectivity index is 2.41. The lowest BCUT2D eigenvalue weighted by molar-refractivity contribution is -0.139. The summed E-state index contributed by atoms with van der Waals surface area (Å²) in [5.41, 5.74) is 1.79. The van der Waals surface area contributed by atoms with Crippen molar-refractivity contribution in [2.45, 2.75) is 46.3 Å². The van der Waals surface area contributed by atoms with E-state index in [1.165, 1.54) is 4.90 Å². The molecule has 1 atom stereocenters. The average Bonchev–Trinajstić information content (AvgIpc) is 2.70. The number of carbonyl (C=O) groups is 2. The normalized spacial score (nSPS) is 12.4. The number of halogens is 2. The van der Waals surface area contributed by atoms with Crippen LogP contribution in [0.5, 0.6) is 0 Å². The lowest BCUT2D eigenvalue weighted by atomic mass is 10.1. The summed E-state index contributed by atoms with van der Waals surface area (Å²) in [5, 5.41) is 3.28. The molecule has 0 saturated heterocycles. The molecule has 2 rings (SSSR count). The van der Waals surface area contributed by atoms with Gasteiger partial charge in [-0.05, 0) is 69.2 Å². The SMILES string of the molecule is Cc1cc(Cl)ccc1N(CC(=O)N(Cc1ccc(Br)cc1)[C@H](C)C(=O)NC(C)C)S(C)(=O)=O. The van der Waals surface area contributed by atoms with Crippen molar-refractivity contribution < 1.29 is 18.0 Å². The summed E-state index contributed by atoms with van der Waals surface area (Å²) in [6.07, 6.45) is 1.04. The van der Waals surface area contributed by atoms with Gasteiger partial charge in [-0.2, -0.15) is 0 Å². The Hall–Kier alpha value is -2.10. The summed E-state index contributed by atoms with van der Waals surface area (Å²) in [5.74, 6) is -0.812. The first-order valence-corrected chi connectivity index (χ1v) is 13.4. The Morgan fingerprint density at radius 1 is 1.09 bits per heavy atom. The van der Waals surface area contributed by atoms with E-state index in [1.54, 1.807) is 32.0 Å². The summed E-state index contributed by atoms with van der Waals surface area (Å²) < 4.78 is 27.1.